The van der Waals surface area contributed by atoms with Gasteiger partial charge in [-0.15, -0.1) is 6.58 Å². The number of aliphatic hydroxyl groups is 1. The minimum atomic E-state index is -0.522. The molecule has 0 spiro atoms. The van der Waals surface area contributed by atoms with Gasteiger partial charge in [0.25, 0.3) is 5.91 Å². The lowest BCUT2D eigenvalue weighted by Crippen LogP contribution is -2.37. The maximum absolute atomic E-state index is 12.6. The Labute approximate surface area is 247 Å². The first-order valence-electron chi connectivity index (χ1n) is 14.2. The van der Waals surface area contributed by atoms with Gasteiger partial charge in [0.05, 0.1) is 24.4 Å². The Morgan fingerprint density at radius 1 is 1.02 bits per heavy atom. The molecule has 0 saturated carbocycles. The van der Waals surface area contributed by atoms with Crippen LogP contribution in [0.4, 0.5) is 0 Å². The van der Waals surface area contributed by atoms with Gasteiger partial charge < -0.3 is 24.8 Å². The lowest BCUT2D eigenvalue weighted by molar-refractivity contribution is -0.252. The Kier molecular flexibility index (Phi) is 9.90. The highest BCUT2D eigenvalue weighted by molar-refractivity contribution is 5.93. The van der Waals surface area contributed by atoms with E-state index in [1.807, 2.05) is 60.7 Å². The largest absolute Gasteiger partial charge is 0.392 e. The lowest BCUT2D eigenvalue weighted by atomic mass is 9.97. The smallest absolute Gasteiger partial charge is 0.253 e. The minimum absolute atomic E-state index is 0.0128. The minimum Gasteiger partial charge on any atom is -0.392 e. The zero-order valence-corrected chi connectivity index (χ0v) is 23.9. The number of hydrogen-bond donors (Lipinski definition) is 2. The molecule has 1 aliphatic rings. The molecule has 3 atom stereocenters. The van der Waals surface area contributed by atoms with E-state index >= 15 is 0 Å². The molecule has 1 amide bonds. The molecule has 0 aliphatic carbocycles. The third kappa shape index (κ3) is 7.38. The molecule has 42 heavy (non-hydrogen) atoms. The number of carbonyl (C=O) groups excluding carboxylic acids is 1. The van der Waals surface area contributed by atoms with Crippen molar-refractivity contribution in [3.63, 3.8) is 0 Å². The fraction of sp³-hybridized carbons (Fsp3) is 0.257. The number of aliphatic hydroxyl groups excluding tert-OH is 1. The van der Waals surface area contributed by atoms with Crippen LogP contribution in [-0.4, -0.2) is 47.1 Å². The van der Waals surface area contributed by atoms with Gasteiger partial charge >= 0.3 is 0 Å². The van der Waals surface area contributed by atoms with Gasteiger partial charge in [-0.05, 0) is 47.0 Å². The molecule has 4 aromatic rings. The van der Waals surface area contributed by atoms with Gasteiger partial charge in [-0.3, -0.25) is 9.78 Å². The standard InChI is InChI=1S/C35H37N3O4/c1-3-19-38(2)23-31-20-33(27-12-10-25(24-39)11-13-27)42-35(41-31)28-16-14-26(15-17-28)32-9-5-4-7-29(32)22-37-34(40)30-8-6-18-36-21-30/h3-18,21,31,33,35,39H,1,19-20,22-24H2,2H3,(H,37,40). The Balaban J connectivity index is 1.33. The average molecular weight is 564 g/mol. The van der Waals surface area contributed by atoms with Crippen molar-refractivity contribution in [3.8, 4) is 11.1 Å². The average Bonchev–Trinajstić information content (AvgIpc) is 3.04. The molecule has 7 nitrogen and oxygen atoms in total. The summed E-state index contributed by atoms with van der Waals surface area (Å²) >= 11 is 0. The zero-order chi connectivity index (χ0) is 29.3. The van der Waals surface area contributed by atoms with Crippen molar-refractivity contribution in [2.75, 3.05) is 20.1 Å². The van der Waals surface area contributed by atoms with Crippen LogP contribution in [0, 0.1) is 0 Å². The summed E-state index contributed by atoms with van der Waals surface area (Å²) in [6.45, 7) is 5.80. The SMILES string of the molecule is C=CCN(C)CC1CC(c2ccc(CO)cc2)OC(c2ccc(-c3ccccc3CNC(=O)c3cccnc3)cc2)O1. The number of aromatic nitrogens is 1. The van der Waals surface area contributed by atoms with Crippen LogP contribution in [0.2, 0.25) is 0 Å². The highest BCUT2D eigenvalue weighted by Crippen LogP contribution is 2.38. The molecule has 0 bridgehead atoms. The van der Waals surface area contributed by atoms with Crippen LogP contribution in [0.25, 0.3) is 11.1 Å². The molecule has 2 heterocycles. The number of benzene rings is 3. The number of carbonyl (C=O) groups is 1. The summed E-state index contributed by atoms with van der Waals surface area (Å²) in [5, 5.41) is 12.5. The molecule has 3 unspecified atom stereocenters. The molecular formula is C35H37N3O4. The summed E-state index contributed by atoms with van der Waals surface area (Å²) in [4.78, 5) is 18.8. The number of pyridine rings is 1. The number of nitrogens with one attached hydrogen (secondary N) is 1. The quantitative estimate of drug-likeness (QED) is 0.223. The van der Waals surface area contributed by atoms with Crippen molar-refractivity contribution in [1.29, 1.82) is 0 Å². The monoisotopic (exact) mass is 563 g/mol. The van der Waals surface area contributed by atoms with E-state index < -0.39 is 6.29 Å². The molecule has 1 saturated heterocycles. The van der Waals surface area contributed by atoms with Crippen LogP contribution in [0.3, 0.4) is 0 Å². The number of hydrogen-bond acceptors (Lipinski definition) is 6. The second-order valence-corrected chi connectivity index (χ2v) is 10.6. The molecule has 216 valence electrons. The highest BCUT2D eigenvalue weighted by Gasteiger charge is 2.32. The Bertz CT molecular complexity index is 1460. The predicted molar refractivity (Wildman–Crippen MR) is 163 cm³/mol. The Morgan fingerprint density at radius 3 is 2.50 bits per heavy atom. The molecular weight excluding hydrogens is 526 g/mol. The number of amides is 1. The first-order chi connectivity index (χ1) is 20.5. The summed E-state index contributed by atoms with van der Waals surface area (Å²) in [6.07, 6.45) is 5.14. The highest BCUT2D eigenvalue weighted by atomic mass is 16.7. The topological polar surface area (TPSA) is 83.9 Å². The van der Waals surface area contributed by atoms with Crippen molar-refractivity contribution >= 4 is 5.91 Å². The fourth-order valence-corrected chi connectivity index (χ4v) is 5.23. The van der Waals surface area contributed by atoms with E-state index in [4.69, 9.17) is 9.47 Å². The van der Waals surface area contributed by atoms with E-state index in [1.54, 1.807) is 24.5 Å². The molecule has 1 fully saturated rings. The normalized spacial score (nSPS) is 18.5. The summed E-state index contributed by atoms with van der Waals surface area (Å²) in [7, 11) is 2.06. The van der Waals surface area contributed by atoms with E-state index in [1.165, 1.54) is 0 Å². The van der Waals surface area contributed by atoms with Gasteiger partial charge in [0.1, 0.15) is 0 Å². The molecule has 1 aliphatic heterocycles. The third-order valence-corrected chi connectivity index (χ3v) is 7.45. The van der Waals surface area contributed by atoms with Gasteiger partial charge in [-0.25, -0.2) is 0 Å². The summed E-state index contributed by atoms with van der Waals surface area (Å²) in [5.74, 6) is -0.159. The second-order valence-electron chi connectivity index (χ2n) is 10.6. The van der Waals surface area contributed by atoms with Crippen LogP contribution in [0.1, 0.15) is 51.4 Å². The van der Waals surface area contributed by atoms with Crippen LogP contribution in [-0.2, 0) is 22.6 Å². The Hall–Kier alpha value is -4.14. The van der Waals surface area contributed by atoms with Crippen LogP contribution >= 0.6 is 0 Å². The van der Waals surface area contributed by atoms with Crippen molar-refractivity contribution in [2.24, 2.45) is 0 Å². The third-order valence-electron chi connectivity index (χ3n) is 7.45. The van der Waals surface area contributed by atoms with Crippen molar-refractivity contribution < 1.29 is 19.4 Å². The molecule has 1 aromatic heterocycles. The maximum Gasteiger partial charge on any atom is 0.253 e. The first-order valence-corrected chi connectivity index (χ1v) is 14.2. The molecule has 5 rings (SSSR count). The van der Waals surface area contributed by atoms with Gasteiger partial charge in [-0.2, -0.15) is 0 Å². The zero-order valence-electron chi connectivity index (χ0n) is 23.9. The van der Waals surface area contributed by atoms with Crippen LogP contribution in [0.15, 0.2) is 110 Å². The number of likely N-dealkylation sites (N-methyl/N-ethyl adjacent to an activating group) is 1. The van der Waals surface area contributed by atoms with Crippen molar-refractivity contribution in [3.05, 3.63) is 138 Å². The lowest BCUT2D eigenvalue weighted by Gasteiger charge is -2.37. The van der Waals surface area contributed by atoms with E-state index in [0.29, 0.717) is 12.1 Å². The van der Waals surface area contributed by atoms with E-state index in [2.05, 4.69) is 47.0 Å². The summed E-state index contributed by atoms with van der Waals surface area (Å²) in [5.41, 5.74) is 6.51. The second kappa shape index (κ2) is 14.2. The number of rotatable bonds is 11. The van der Waals surface area contributed by atoms with Crippen molar-refractivity contribution in [1.82, 2.24) is 15.2 Å². The van der Waals surface area contributed by atoms with Gasteiger partial charge in [0.2, 0.25) is 0 Å². The molecule has 0 radical (unpaired) electrons. The van der Waals surface area contributed by atoms with Crippen LogP contribution < -0.4 is 5.32 Å². The number of nitrogens with zero attached hydrogens (tertiary/aromatic N) is 2. The number of ether oxygens (including phenoxy) is 2. The van der Waals surface area contributed by atoms with E-state index in [-0.39, 0.29) is 24.7 Å². The summed E-state index contributed by atoms with van der Waals surface area (Å²) in [6, 6.07) is 27.7. The van der Waals surface area contributed by atoms with Crippen molar-refractivity contribution in [2.45, 2.75) is 38.1 Å². The van der Waals surface area contributed by atoms with Gasteiger partial charge in [-0.1, -0.05) is 78.9 Å². The fourth-order valence-electron chi connectivity index (χ4n) is 5.23. The van der Waals surface area contributed by atoms with E-state index in [0.717, 1.165) is 52.9 Å². The van der Waals surface area contributed by atoms with Gasteiger partial charge in [0, 0.05) is 44.0 Å². The molecule has 7 heteroatoms. The van der Waals surface area contributed by atoms with Crippen LogP contribution in [0.5, 0.6) is 0 Å². The molecule has 2 N–H and O–H groups in total. The first kappa shape index (κ1) is 29.4. The maximum atomic E-state index is 12.6. The Morgan fingerprint density at radius 2 is 1.79 bits per heavy atom. The predicted octanol–water partition coefficient (Wildman–Crippen LogP) is 5.83. The molecule has 3 aromatic carbocycles. The summed E-state index contributed by atoms with van der Waals surface area (Å²) < 4.78 is 13.0. The van der Waals surface area contributed by atoms with Gasteiger partial charge in [0.15, 0.2) is 6.29 Å². The van der Waals surface area contributed by atoms with E-state index in [9.17, 15) is 9.90 Å².